The zero-order valence-electron chi connectivity index (χ0n) is 57.2. The van der Waals surface area contributed by atoms with Crippen molar-refractivity contribution in [2.45, 2.75) is 105 Å². The predicted octanol–water partition coefficient (Wildman–Crippen LogP) is 21.0. The van der Waals surface area contributed by atoms with E-state index in [1.165, 1.54) is 16.7 Å². The fourth-order valence-corrected chi connectivity index (χ4v) is 12.3. The minimum Gasteiger partial charge on any atom is -0.311 e. The summed E-state index contributed by atoms with van der Waals surface area (Å²) < 4.78 is 2.40. The zero-order chi connectivity index (χ0) is 69.0. The lowest BCUT2D eigenvalue weighted by Crippen LogP contribution is -2.14. The summed E-state index contributed by atoms with van der Waals surface area (Å²) in [4.78, 5) is 33.7. The first kappa shape index (κ1) is 64.5. The van der Waals surface area contributed by atoms with E-state index in [0.717, 1.165) is 61.2 Å². The smallest absolute Gasteiger partial charge is 0.164 e. The molecule has 0 bridgehead atoms. The average molecular weight is 1270 g/mol. The van der Waals surface area contributed by atoms with Gasteiger partial charge in [-0.2, -0.15) is 21.0 Å². The molecule has 10 aromatic carbocycles. The molecule has 3 aromatic heterocycles. The lowest BCUT2D eigenvalue weighted by molar-refractivity contribution is 0.590. The Morgan fingerprint density at radius 2 is 0.612 bits per heavy atom. The standard InChI is InChI=1S/C86H72N12/c1-83(2,3)62-30-35-66(36-31-62)97(67-37-32-63(33-38-67)84(4,5)6)68-39-41-69(42-40-68)98-75-44-34-64(85(7,8)9)46-71(75)73-48-65(86(10,11)12)47-72(76(73)98)70-43-29-61(81-93-77(57-21-13-53(49-87)14-22-57)91-78(94-81)58-23-15-54(50-88)16-24-58)45-74(70)82-95-79(59-25-17-55(51-89)18-26-59)92-80(96-82)60-27-19-56(52-90)20-28-60/h13-48H,1-12H3. The number of nitrogens with zero attached hydrogens (tertiary/aromatic N) is 12. The molecule has 3 heterocycles. The molecule has 13 rings (SSSR count). The normalized spacial score (nSPS) is 11.8. The zero-order valence-corrected chi connectivity index (χ0v) is 57.2. The molecule has 12 nitrogen and oxygen atoms in total. The molecule has 0 amide bonds. The molecule has 0 N–H and O–H groups in total. The summed E-state index contributed by atoms with van der Waals surface area (Å²) in [5.41, 5.74) is 17.9. The molecule has 476 valence electrons. The largest absolute Gasteiger partial charge is 0.311 e. The van der Waals surface area contributed by atoms with Crippen LogP contribution in [0, 0.1) is 45.3 Å². The van der Waals surface area contributed by atoms with Gasteiger partial charge in [0.15, 0.2) is 34.9 Å². The van der Waals surface area contributed by atoms with E-state index in [1.807, 2.05) is 60.7 Å². The van der Waals surface area contributed by atoms with Crippen molar-refractivity contribution in [1.82, 2.24) is 34.5 Å². The first-order valence-electron chi connectivity index (χ1n) is 32.8. The summed E-state index contributed by atoms with van der Waals surface area (Å²) in [6.07, 6.45) is 0. The number of nitriles is 4. The van der Waals surface area contributed by atoms with Gasteiger partial charge in [0.1, 0.15) is 0 Å². The number of rotatable bonds is 11. The van der Waals surface area contributed by atoms with Crippen LogP contribution in [0.4, 0.5) is 17.1 Å². The van der Waals surface area contributed by atoms with Crippen LogP contribution in [0.25, 0.3) is 107 Å². The summed E-state index contributed by atoms with van der Waals surface area (Å²) in [7, 11) is 0. The second kappa shape index (κ2) is 25.2. The summed E-state index contributed by atoms with van der Waals surface area (Å²) >= 11 is 0. The number of fused-ring (bicyclic) bond motifs is 3. The summed E-state index contributed by atoms with van der Waals surface area (Å²) in [5.74, 6) is 2.17. The second-order valence-electron chi connectivity index (χ2n) is 29.1. The molecule has 0 saturated carbocycles. The van der Waals surface area contributed by atoms with Crippen LogP contribution in [0.5, 0.6) is 0 Å². The Balaban J connectivity index is 1.11. The third-order valence-electron chi connectivity index (χ3n) is 18.1. The molecule has 13 aromatic rings. The third kappa shape index (κ3) is 12.8. The van der Waals surface area contributed by atoms with Crippen LogP contribution in [0.2, 0.25) is 0 Å². The Morgan fingerprint density at radius 3 is 0.980 bits per heavy atom. The van der Waals surface area contributed by atoms with Crippen LogP contribution >= 0.6 is 0 Å². The van der Waals surface area contributed by atoms with Crippen LogP contribution in [0.1, 0.15) is 128 Å². The summed E-state index contributed by atoms with van der Waals surface area (Å²) in [6, 6.07) is 82.1. The second-order valence-corrected chi connectivity index (χ2v) is 29.1. The molecule has 0 fully saturated rings. The van der Waals surface area contributed by atoms with Crippen LogP contribution in [-0.2, 0) is 21.7 Å². The summed E-state index contributed by atoms with van der Waals surface area (Å²) in [6.45, 7) is 27.0. The molecule has 0 aliphatic heterocycles. The Hall–Kier alpha value is -12.2. The van der Waals surface area contributed by atoms with Crippen molar-refractivity contribution in [3.05, 3.63) is 263 Å². The van der Waals surface area contributed by atoms with Crippen molar-refractivity contribution in [1.29, 1.82) is 21.0 Å². The van der Waals surface area contributed by atoms with Gasteiger partial charge < -0.3 is 9.47 Å². The average Bonchev–Trinajstić information content (AvgIpc) is 1.53. The topological polar surface area (TPSA) is 181 Å². The van der Waals surface area contributed by atoms with Crippen LogP contribution < -0.4 is 4.90 Å². The van der Waals surface area contributed by atoms with Crippen molar-refractivity contribution in [2.75, 3.05) is 4.90 Å². The number of aromatic nitrogens is 7. The molecular weight excluding hydrogens is 1200 g/mol. The molecular formula is C86H72N12. The van der Waals surface area contributed by atoms with Gasteiger partial charge in [0.05, 0.1) is 57.6 Å². The van der Waals surface area contributed by atoms with E-state index in [1.54, 1.807) is 48.5 Å². The molecule has 0 aliphatic carbocycles. The highest BCUT2D eigenvalue weighted by molar-refractivity contribution is 6.15. The van der Waals surface area contributed by atoms with E-state index >= 15 is 0 Å². The first-order valence-corrected chi connectivity index (χ1v) is 32.8. The number of benzene rings is 10. The van der Waals surface area contributed by atoms with E-state index in [2.05, 4.69) is 226 Å². The van der Waals surface area contributed by atoms with E-state index < -0.39 is 0 Å². The molecule has 12 heteroatoms. The van der Waals surface area contributed by atoms with Gasteiger partial charge in [0.25, 0.3) is 0 Å². The number of hydrogen-bond acceptors (Lipinski definition) is 11. The summed E-state index contributed by atoms with van der Waals surface area (Å²) in [5, 5.41) is 41.7. The SMILES string of the molecule is CC(C)(C)c1ccc(N(c2ccc(-n3c4ccc(C(C)(C)C)cc4c4cc(C(C)(C)C)cc(-c5ccc(-c6nc(-c7ccc(C#N)cc7)nc(-c7ccc(C#N)cc7)n6)cc5-c5nc(-c6ccc(C#N)cc6)nc(-c6ccc(C#N)cc6)n5)c43)cc2)c2ccc(C(C)(C)C)cc2)cc1. The predicted molar refractivity (Wildman–Crippen MR) is 394 cm³/mol. The molecule has 98 heavy (non-hydrogen) atoms. The van der Waals surface area contributed by atoms with E-state index in [4.69, 9.17) is 29.9 Å². The Labute approximate surface area is 573 Å². The molecule has 0 spiro atoms. The third-order valence-corrected chi connectivity index (χ3v) is 18.1. The van der Waals surface area contributed by atoms with Gasteiger partial charge in [0, 0.05) is 72.5 Å². The lowest BCUT2D eigenvalue weighted by Gasteiger charge is -2.28. The van der Waals surface area contributed by atoms with Crippen molar-refractivity contribution in [3.63, 3.8) is 0 Å². The van der Waals surface area contributed by atoms with Gasteiger partial charge >= 0.3 is 0 Å². The number of anilines is 3. The monoisotopic (exact) mass is 1270 g/mol. The quantitative estimate of drug-likeness (QED) is 0.120. The van der Waals surface area contributed by atoms with Crippen molar-refractivity contribution < 1.29 is 0 Å². The molecule has 0 radical (unpaired) electrons. The molecule has 0 aliphatic rings. The van der Waals surface area contributed by atoms with E-state index in [9.17, 15) is 21.0 Å². The van der Waals surface area contributed by atoms with E-state index in [-0.39, 0.29) is 21.7 Å². The first-order chi connectivity index (χ1) is 46.8. The van der Waals surface area contributed by atoms with Gasteiger partial charge in [-0.15, -0.1) is 0 Å². The van der Waals surface area contributed by atoms with Crippen LogP contribution in [-0.4, -0.2) is 34.5 Å². The van der Waals surface area contributed by atoms with Crippen LogP contribution in [0.15, 0.2) is 218 Å². The highest BCUT2D eigenvalue weighted by Gasteiger charge is 2.28. The lowest BCUT2D eigenvalue weighted by atomic mass is 9.82. The molecule has 0 atom stereocenters. The van der Waals surface area contributed by atoms with E-state index in [0.29, 0.717) is 90.6 Å². The van der Waals surface area contributed by atoms with Gasteiger partial charge in [-0.1, -0.05) is 126 Å². The van der Waals surface area contributed by atoms with Gasteiger partial charge in [-0.05, 0) is 225 Å². The minimum atomic E-state index is -0.340. The molecule has 0 saturated heterocycles. The Kier molecular flexibility index (Phi) is 16.6. The van der Waals surface area contributed by atoms with Crippen molar-refractivity contribution in [3.8, 4) is 109 Å². The highest BCUT2D eigenvalue weighted by Crippen LogP contribution is 2.47. The van der Waals surface area contributed by atoms with Crippen molar-refractivity contribution >= 4 is 38.9 Å². The molecule has 0 unspecified atom stereocenters. The Morgan fingerprint density at radius 1 is 0.286 bits per heavy atom. The van der Waals surface area contributed by atoms with Crippen LogP contribution in [0.3, 0.4) is 0 Å². The maximum absolute atomic E-state index is 9.95. The maximum atomic E-state index is 9.95. The van der Waals surface area contributed by atoms with Crippen molar-refractivity contribution in [2.24, 2.45) is 0 Å². The number of hydrogen-bond donors (Lipinski definition) is 0. The maximum Gasteiger partial charge on any atom is 0.164 e. The minimum absolute atomic E-state index is 0.0235. The fourth-order valence-electron chi connectivity index (χ4n) is 12.3. The highest BCUT2D eigenvalue weighted by atomic mass is 15.1. The van der Waals surface area contributed by atoms with Gasteiger partial charge in [-0.25, -0.2) is 29.9 Å². The Bertz CT molecular complexity index is 5190. The van der Waals surface area contributed by atoms with Gasteiger partial charge in [-0.3, -0.25) is 0 Å². The fraction of sp³-hybridized carbons (Fsp3) is 0.186. The van der Waals surface area contributed by atoms with Gasteiger partial charge in [0.2, 0.25) is 0 Å².